The lowest BCUT2D eigenvalue weighted by atomic mass is 10.2. The number of carbonyl (C=O) groups is 1. The molecule has 0 aromatic carbocycles. The zero-order valence-electron chi connectivity index (χ0n) is 15.1. The van der Waals surface area contributed by atoms with Crippen molar-refractivity contribution < 1.29 is 9.53 Å². The molecule has 3 heterocycles. The van der Waals surface area contributed by atoms with Crippen molar-refractivity contribution in [3.63, 3.8) is 0 Å². The van der Waals surface area contributed by atoms with Crippen molar-refractivity contribution in [2.45, 2.75) is 32.9 Å². The van der Waals surface area contributed by atoms with Crippen molar-refractivity contribution in [3.05, 3.63) is 47.8 Å². The maximum atomic E-state index is 12.1. The summed E-state index contributed by atoms with van der Waals surface area (Å²) in [6.07, 6.45) is 5.90. The SMILES string of the molecule is CCOc1ncccc1CNC(=O)NCc1ccnc(N2CCCC2)c1. The summed E-state index contributed by atoms with van der Waals surface area (Å²) in [6.45, 7) is 5.38. The van der Waals surface area contributed by atoms with Gasteiger partial charge in [-0.05, 0) is 43.5 Å². The van der Waals surface area contributed by atoms with Crippen LogP contribution in [0.4, 0.5) is 10.6 Å². The van der Waals surface area contributed by atoms with Gasteiger partial charge in [-0.25, -0.2) is 14.8 Å². The van der Waals surface area contributed by atoms with Crippen LogP contribution in [0.25, 0.3) is 0 Å². The van der Waals surface area contributed by atoms with Crippen LogP contribution in [0.2, 0.25) is 0 Å². The molecule has 0 atom stereocenters. The van der Waals surface area contributed by atoms with Gasteiger partial charge in [0, 0.05) is 44.1 Å². The number of hydrogen-bond donors (Lipinski definition) is 2. The molecule has 0 spiro atoms. The zero-order chi connectivity index (χ0) is 18.2. The Balaban J connectivity index is 1.49. The maximum absolute atomic E-state index is 12.1. The first-order chi connectivity index (χ1) is 12.8. The molecule has 3 rings (SSSR count). The van der Waals surface area contributed by atoms with Crippen molar-refractivity contribution in [1.29, 1.82) is 0 Å². The lowest BCUT2D eigenvalue weighted by Crippen LogP contribution is -2.34. The van der Waals surface area contributed by atoms with Crippen molar-refractivity contribution in [2.24, 2.45) is 0 Å². The number of aromatic nitrogens is 2. The second-order valence-corrected chi connectivity index (χ2v) is 6.15. The largest absolute Gasteiger partial charge is 0.478 e. The highest BCUT2D eigenvalue weighted by Crippen LogP contribution is 2.18. The molecule has 1 saturated heterocycles. The molecule has 1 aliphatic rings. The van der Waals surface area contributed by atoms with Crippen molar-refractivity contribution in [3.8, 4) is 5.88 Å². The smallest absolute Gasteiger partial charge is 0.315 e. The lowest BCUT2D eigenvalue weighted by Gasteiger charge is -2.17. The van der Waals surface area contributed by atoms with E-state index in [1.165, 1.54) is 12.8 Å². The molecule has 2 amide bonds. The van der Waals surface area contributed by atoms with E-state index in [4.69, 9.17) is 4.74 Å². The van der Waals surface area contributed by atoms with E-state index in [9.17, 15) is 4.79 Å². The first-order valence-corrected chi connectivity index (χ1v) is 9.04. The summed E-state index contributed by atoms with van der Waals surface area (Å²) in [5.41, 5.74) is 1.89. The highest BCUT2D eigenvalue weighted by Gasteiger charge is 2.13. The van der Waals surface area contributed by atoms with E-state index >= 15 is 0 Å². The molecule has 1 fully saturated rings. The highest BCUT2D eigenvalue weighted by atomic mass is 16.5. The minimum atomic E-state index is -0.226. The maximum Gasteiger partial charge on any atom is 0.315 e. The number of urea groups is 1. The third-order valence-electron chi connectivity index (χ3n) is 4.26. The average Bonchev–Trinajstić information content (AvgIpc) is 3.21. The monoisotopic (exact) mass is 355 g/mol. The van der Waals surface area contributed by atoms with Gasteiger partial charge in [0.2, 0.25) is 5.88 Å². The number of carbonyl (C=O) groups excluding carboxylic acids is 1. The number of nitrogens with one attached hydrogen (secondary N) is 2. The highest BCUT2D eigenvalue weighted by molar-refractivity contribution is 5.73. The number of amides is 2. The third-order valence-corrected chi connectivity index (χ3v) is 4.26. The molecule has 2 aromatic heterocycles. The Morgan fingerprint density at radius 1 is 1.15 bits per heavy atom. The minimum absolute atomic E-state index is 0.226. The topological polar surface area (TPSA) is 79.4 Å². The lowest BCUT2D eigenvalue weighted by molar-refractivity contribution is 0.240. The van der Waals surface area contributed by atoms with E-state index in [1.54, 1.807) is 12.4 Å². The van der Waals surface area contributed by atoms with Crippen LogP contribution < -0.4 is 20.3 Å². The van der Waals surface area contributed by atoms with Gasteiger partial charge >= 0.3 is 6.03 Å². The van der Waals surface area contributed by atoms with Gasteiger partial charge in [-0.15, -0.1) is 0 Å². The fraction of sp³-hybridized carbons (Fsp3) is 0.421. The van der Waals surface area contributed by atoms with Crippen LogP contribution in [0, 0.1) is 0 Å². The first-order valence-electron chi connectivity index (χ1n) is 9.04. The van der Waals surface area contributed by atoms with Gasteiger partial charge in [-0.3, -0.25) is 0 Å². The predicted molar refractivity (Wildman–Crippen MR) is 100 cm³/mol. The van der Waals surface area contributed by atoms with Crippen LogP contribution in [-0.4, -0.2) is 35.7 Å². The van der Waals surface area contributed by atoms with Crippen molar-refractivity contribution in [2.75, 3.05) is 24.6 Å². The third kappa shape index (κ3) is 4.84. The van der Waals surface area contributed by atoms with E-state index in [-0.39, 0.29) is 6.03 Å². The van der Waals surface area contributed by atoms with Crippen LogP contribution in [0.1, 0.15) is 30.9 Å². The fourth-order valence-electron chi connectivity index (χ4n) is 2.94. The van der Waals surface area contributed by atoms with E-state index < -0.39 is 0 Å². The van der Waals surface area contributed by atoms with E-state index in [2.05, 4.69) is 25.5 Å². The Morgan fingerprint density at radius 3 is 2.77 bits per heavy atom. The molecule has 1 aliphatic heterocycles. The number of anilines is 1. The number of pyridine rings is 2. The van der Waals surface area contributed by atoms with Gasteiger partial charge in [0.1, 0.15) is 5.82 Å². The summed E-state index contributed by atoms with van der Waals surface area (Å²) in [7, 11) is 0. The van der Waals surface area contributed by atoms with Crippen LogP contribution in [0.3, 0.4) is 0 Å². The molecular formula is C19H25N5O2. The van der Waals surface area contributed by atoms with Crippen molar-refractivity contribution in [1.82, 2.24) is 20.6 Å². The Labute approximate surface area is 153 Å². The molecule has 7 heteroatoms. The number of rotatable bonds is 7. The molecule has 2 N–H and O–H groups in total. The van der Waals surface area contributed by atoms with Gasteiger partial charge < -0.3 is 20.3 Å². The van der Waals surface area contributed by atoms with Crippen LogP contribution in [0.5, 0.6) is 5.88 Å². The van der Waals surface area contributed by atoms with E-state index in [0.717, 1.165) is 30.0 Å². The van der Waals surface area contributed by atoms with Crippen molar-refractivity contribution >= 4 is 11.8 Å². The van der Waals surface area contributed by atoms with Crippen LogP contribution >= 0.6 is 0 Å². The molecule has 7 nitrogen and oxygen atoms in total. The normalized spacial score (nSPS) is 13.5. The molecule has 26 heavy (non-hydrogen) atoms. The standard InChI is InChI=1S/C19H25N5O2/c1-2-26-18-16(6-5-8-21-18)14-23-19(25)22-13-15-7-9-20-17(12-15)24-10-3-4-11-24/h5-9,12H,2-4,10-11,13-14H2,1H3,(H2,22,23,25). The molecule has 0 aliphatic carbocycles. The van der Waals surface area contributed by atoms with Gasteiger partial charge in [-0.2, -0.15) is 0 Å². The molecule has 0 saturated carbocycles. The van der Waals surface area contributed by atoms with Gasteiger partial charge in [0.25, 0.3) is 0 Å². The minimum Gasteiger partial charge on any atom is -0.478 e. The van der Waals surface area contributed by atoms with E-state index in [1.807, 2.05) is 31.2 Å². The average molecular weight is 355 g/mol. The summed E-state index contributed by atoms with van der Waals surface area (Å²) >= 11 is 0. The summed E-state index contributed by atoms with van der Waals surface area (Å²) in [5, 5.41) is 5.72. The second kappa shape index (κ2) is 9.03. The first kappa shape index (κ1) is 18.0. The summed E-state index contributed by atoms with van der Waals surface area (Å²) in [6, 6.07) is 7.46. The fourth-order valence-corrected chi connectivity index (χ4v) is 2.94. The number of hydrogen-bond acceptors (Lipinski definition) is 5. The second-order valence-electron chi connectivity index (χ2n) is 6.15. The molecule has 138 valence electrons. The molecular weight excluding hydrogens is 330 g/mol. The van der Waals surface area contributed by atoms with E-state index in [0.29, 0.717) is 25.6 Å². The Morgan fingerprint density at radius 2 is 1.96 bits per heavy atom. The van der Waals surface area contributed by atoms with Gasteiger partial charge in [0.05, 0.1) is 6.61 Å². The Bertz CT molecular complexity index is 731. The molecule has 0 unspecified atom stereocenters. The predicted octanol–water partition coefficient (Wildman–Crippen LogP) is 2.47. The molecule has 0 radical (unpaired) electrons. The quantitative estimate of drug-likeness (QED) is 0.798. The Hall–Kier alpha value is -2.83. The number of ether oxygens (including phenoxy) is 1. The van der Waals surface area contributed by atoms with Gasteiger partial charge in [-0.1, -0.05) is 6.07 Å². The molecule has 0 bridgehead atoms. The molecule has 2 aromatic rings. The zero-order valence-corrected chi connectivity index (χ0v) is 15.1. The summed E-state index contributed by atoms with van der Waals surface area (Å²) in [5.74, 6) is 1.54. The van der Waals surface area contributed by atoms with Gasteiger partial charge in [0.15, 0.2) is 0 Å². The summed E-state index contributed by atoms with van der Waals surface area (Å²) < 4.78 is 5.47. The van der Waals surface area contributed by atoms with Crippen LogP contribution in [-0.2, 0) is 13.1 Å². The Kier molecular flexibility index (Phi) is 6.24. The summed E-state index contributed by atoms with van der Waals surface area (Å²) in [4.78, 5) is 23.0. The van der Waals surface area contributed by atoms with Crippen LogP contribution in [0.15, 0.2) is 36.7 Å². The number of nitrogens with zero attached hydrogens (tertiary/aromatic N) is 3.